The Bertz CT molecular complexity index is 1230. The Kier molecular flexibility index (Phi) is 6.51. The summed E-state index contributed by atoms with van der Waals surface area (Å²) in [7, 11) is 0. The molecule has 170 valence electrons. The van der Waals surface area contributed by atoms with Crippen LogP contribution in [0.25, 0.3) is 28.5 Å². The fourth-order valence-corrected chi connectivity index (χ4v) is 4.51. The van der Waals surface area contributed by atoms with Gasteiger partial charge in [0.2, 0.25) is 0 Å². The molecule has 0 N–H and O–H groups in total. The maximum atomic E-state index is 4.80. The third-order valence-corrected chi connectivity index (χ3v) is 6.43. The van der Waals surface area contributed by atoms with E-state index in [0.29, 0.717) is 11.8 Å². The molecule has 0 radical (unpaired) electrons. The minimum atomic E-state index is 0.376. The second kappa shape index (κ2) is 9.35. The zero-order valence-corrected chi connectivity index (χ0v) is 21.0. The number of hydrogen-bond acceptors (Lipinski definition) is 2. The maximum absolute atomic E-state index is 4.80. The van der Waals surface area contributed by atoms with Crippen LogP contribution in [-0.2, 0) is 6.42 Å². The summed E-state index contributed by atoms with van der Waals surface area (Å²) in [5, 5.41) is 9.56. The van der Waals surface area contributed by atoms with E-state index < -0.39 is 0 Å². The van der Waals surface area contributed by atoms with Crippen molar-refractivity contribution in [2.45, 2.75) is 66.7 Å². The third-order valence-electron chi connectivity index (χ3n) is 6.43. The summed E-state index contributed by atoms with van der Waals surface area (Å²) in [5.41, 5.74) is 9.95. The fourth-order valence-electron chi connectivity index (χ4n) is 4.51. The van der Waals surface area contributed by atoms with Gasteiger partial charge in [0.25, 0.3) is 0 Å². The van der Waals surface area contributed by atoms with Crippen molar-refractivity contribution in [1.29, 1.82) is 0 Å². The first-order valence-electron chi connectivity index (χ1n) is 12.1. The highest BCUT2D eigenvalue weighted by atomic mass is 15.3. The van der Waals surface area contributed by atoms with Gasteiger partial charge in [-0.2, -0.15) is 0 Å². The smallest absolute Gasteiger partial charge is 0.169 e. The number of aromatic nitrogens is 3. The minimum Gasteiger partial charge on any atom is -0.274 e. The van der Waals surface area contributed by atoms with E-state index in [1.165, 1.54) is 33.5 Å². The Morgan fingerprint density at radius 2 is 1.36 bits per heavy atom. The molecule has 1 aromatic heterocycles. The van der Waals surface area contributed by atoms with Crippen LogP contribution in [0, 0.1) is 13.8 Å². The van der Waals surface area contributed by atoms with E-state index in [9.17, 15) is 0 Å². The molecule has 0 aliphatic heterocycles. The highest BCUT2D eigenvalue weighted by molar-refractivity contribution is 5.71. The molecule has 0 saturated carbocycles. The standard InChI is InChI=1S/C30H35N3/c1-8-23-17-25(19(2)3)28(26(18-23)20(4)5)33-29(24-12-10-9-11-13-24)31-32-30(33)27-16-21(6)14-15-22(27)7/h9-20H,8H2,1-7H3. The monoisotopic (exact) mass is 437 g/mol. The van der Waals surface area contributed by atoms with Crippen LogP contribution in [0.2, 0.25) is 0 Å². The van der Waals surface area contributed by atoms with Crippen molar-refractivity contribution in [3.05, 3.63) is 88.5 Å². The van der Waals surface area contributed by atoms with Crippen molar-refractivity contribution in [2.75, 3.05) is 0 Å². The molecule has 0 fully saturated rings. The summed E-state index contributed by atoms with van der Waals surface area (Å²) >= 11 is 0. The normalized spacial score (nSPS) is 11.5. The van der Waals surface area contributed by atoms with Crippen LogP contribution in [0.4, 0.5) is 0 Å². The molecule has 0 aliphatic rings. The van der Waals surface area contributed by atoms with Crippen LogP contribution < -0.4 is 0 Å². The zero-order chi connectivity index (χ0) is 23.7. The molecule has 4 rings (SSSR count). The van der Waals surface area contributed by atoms with Crippen LogP contribution in [0.3, 0.4) is 0 Å². The first-order chi connectivity index (χ1) is 15.8. The SMILES string of the molecule is CCc1cc(C(C)C)c(-n2c(-c3ccccc3)nnc2-c2cc(C)ccc2C)c(C(C)C)c1. The van der Waals surface area contributed by atoms with Crippen molar-refractivity contribution in [1.82, 2.24) is 14.8 Å². The molecule has 0 atom stereocenters. The van der Waals surface area contributed by atoms with Crippen molar-refractivity contribution < 1.29 is 0 Å². The van der Waals surface area contributed by atoms with E-state index in [0.717, 1.165) is 29.2 Å². The van der Waals surface area contributed by atoms with Crippen LogP contribution in [0.5, 0.6) is 0 Å². The molecular formula is C30H35N3. The average molecular weight is 438 g/mol. The van der Waals surface area contributed by atoms with Gasteiger partial charge in [-0.25, -0.2) is 0 Å². The van der Waals surface area contributed by atoms with Gasteiger partial charge in [0.05, 0.1) is 5.69 Å². The molecule has 0 aliphatic carbocycles. The maximum Gasteiger partial charge on any atom is 0.169 e. The fraction of sp³-hybridized carbons (Fsp3) is 0.333. The van der Waals surface area contributed by atoms with Crippen molar-refractivity contribution >= 4 is 0 Å². The first kappa shape index (κ1) is 23.0. The largest absolute Gasteiger partial charge is 0.274 e. The zero-order valence-electron chi connectivity index (χ0n) is 21.0. The second-order valence-electron chi connectivity index (χ2n) is 9.65. The van der Waals surface area contributed by atoms with Gasteiger partial charge in [0.15, 0.2) is 11.6 Å². The van der Waals surface area contributed by atoms with Gasteiger partial charge >= 0.3 is 0 Å². The van der Waals surface area contributed by atoms with Crippen molar-refractivity contribution in [3.63, 3.8) is 0 Å². The number of hydrogen-bond donors (Lipinski definition) is 0. The van der Waals surface area contributed by atoms with Gasteiger partial charge in [-0.15, -0.1) is 10.2 Å². The lowest BCUT2D eigenvalue weighted by molar-refractivity contribution is 0.801. The molecule has 0 saturated heterocycles. The lowest BCUT2D eigenvalue weighted by Crippen LogP contribution is -2.11. The summed E-state index contributed by atoms with van der Waals surface area (Å²) in [5.74, 6) is 2.55. The van der Waals surface area contributed by atoms with E-state index in [1.54, 1.807) is 0 Å². The molecule has 33 heavy (non-hydrogen) atoms. The van der Waals surface area contributed by atoms with Crippen molar-refractivity contribution in [3.8, 4) is 28.5 Å². The van der Waals surface area contributed by atoms with Gasteiger partial charge in [-0.05, 0) is 60.4 Å². The predicted molar refractivity (Wildman–Crippen MR) is 139 cm³/mol. The quantitative estimate of drug-likeness (QED) is 0.306. The lowest BCUT2D eigenvalue weighted by Gasteiger charge is -2.24. The van der Waals surface area contributed by atoms with Crippen LogP contribution in [0.15, 0.2) is 60.7 Å². The Balaban J connectivity index is 2.15. The highest BCUT2D eigenvalue weighted by Gasteiger charge is 2.25. The molecule has 4 aromatic rings. The summed E-state index contributed by atoms with van der Waals surface area (Å²) in [6, 6.07) is 21.8. The van der Waals surface area contributed by atoms with Gasteiger partial charge < -0.3 is 0 Å². The van der Waals surface area contributed by atoms with E-state index >= 15 is 0 Å². The van der Waals surface area contributed by atoms with Crippen LogP contribution in [-0.4, -0.2) is 14.8 Å². The number of nitrogens with zero attached hydrogens (tertiary/aromatic N) is 3. The summed E-state index contributed by atoms with van der Waals surface area (Å²) in [6.45, 7) is 15.7. The van der Waals surface area contributed by atoms with E-state index in [1.807, 2.05) is 6.07 Å². The minimum absolute atomic E-state index is 0.376. The molecule has 3 heteroatoms. The first-order valence-corrected chi connectivity index (χ1v) is 12.1. The lowest BCUT2D eigenvalue weighted by atomic mass is 9.89. The second-order valence-corrected chi connectivity index (χ2v) is 9.65. The molecule has 0 spiro atoms. The topological polar surface area (TPSA) is 30.7 Å². The van der Waals surface area contributed by atoms with Gasteiger partial charge in [-0.3, -0.25) is 4.57 Å². The molecule has 0 unspecified atom stereocenters. The highest BCUT2D eigenvalue weighted by Crippen LogP contribution is 2.38. The summed E-state index contributed by atoms with van der Waals surface area (Å²) in [4.78, 5) is 0. The molecule has 1 heterocycles. The van der Waals surface area contributed by atoms with Gasteiger partial charge in [-0.1, -0.05) is 94.8 Å². The molecule has 0 amide bonds. The molecule has 3 aromatic carbocycles. The number of rotatable bonds is 6. The van der Waals surface area contributed by atoms with E-state index in [2.05, 4.69) is 108 Å². The van der Waals surface area contributed by atoms with Crippen LogP contribution >= 0.6 is 0 Å². The molecular weight excluding hydrogens is 402 g/mol. The van der Waals surface area contributed by atoms with E-state index in [4.69, 9.17) is 10.2 Å². The summed E-state index contributed by atoms with van der Waals surface area (Å²) < 4.78 is 2.32. The van der Waals surface area contributed by atoms with Crippen molar-refractivity contribution in [2.24, 2.45) is 0 Å². The predicted octanol–water partition coefficient (Wildman–Crippen LogP) is 8.03. The van der Waals surface area contributed by atoms with E-state index in [-0.39, 0.29) is 0 Å². The number of benzene rings is 3. The van der Waals surface area contributed by atoms with Gasteiger partial charge in [0.1, 0.15) is 0 Å². The Hall–Kier alpha value is -3.20. The van der Waals surface area contributed by atoms with Gasteiger partial charge in [0, 0.05) is 11.1 Å². The number of aryl methyl sites for hydroxylation is 3. The van der Waals surface area contributed by atoms with Crippen LogP contribution in [0.1, 0.15) is 74.3 Å². The average Bonchev–Trinajstić information content (AvgIpc) is 3.24. The molecule has 0 bridgehead atoms. The Morgan fingerprint density at radius 3 is 1.94 bits per heavy atom. The Morgan fingerprint density at radius 1 is 0.758 bits per heavy atom. The Labute approximate surface area is 198 Å². The summed E-state index contributed by atoms with van der Waals surface area (Å²) in [6.07, 6.45) is 1.03. The molecule has 3 nitrogen and oxygen atoms in total. The third kappa shape index (κ3) is 4.37.